The van der Waals surface area contributed by atoms with Gasteiger partial charge < -0.3 is 20.3 Å². The maximum absolute atomic E-state index is 12.3. The first-order valence-electron chi connectivity index (χ1n) is 22.1. The quantitative estimate of drug-likeness (QED) is 0.0333. The first-order valence-corrected chi connectivity index (χ1v) is 22.1. The van der Waals surface area contributed by atoms with Crippen molar-refractivity contribution in [3.8, 4) is 0 Å². The van der Waals surface area contributed by atoms with E-state index in [1.54, 1.807) is 0 Å². The lowest BCUT2D eigenvalue weighted by Crippen LogP contribution is -2.45. The van der Waals surface area contributed by atoms with Crippen LogP contribution in [0.5, 0.6) is 0 Å². The average molecular weight is 720 g/mol. The molecule has 0 saturated carbocycles. The third-order valence-electron chi connectivity index (χ3n) is 10.0. The van der Waals surface area contributed by atoms with E-state index in [0.717, 1.165) is 51.4 Å². The lowest BCUT2D eigenvalue weighted by Gasteiger charge is -2.22. The Morgan fingerprint density at radius 1 is 0.549 bits per heavy atom. The maximum atomic E-state index is 12.3. The second kappa shape index (κ2) is 41.1. The van der Waals surface area contributed by atoms with E-state index in [2.05, 4.69) is 37.4 Å². The van der Waals surface area contributed by atoms with Gasteiger partial charge >= 0.3 is 5.97 Å². The van der Waals surface area contributed by atoms with Crippen molar-refractivity contribution in [1.29, 1.82) is 0 Å². The number of ether oxygens (including phenoxy) is 1. The van der Waals surface area contributed by atoms with Crippen LogP contribution in [0, 0.1) is 0 Å². The summed E-state index contributed by atoms with van der Waals surface area (Å²) in [7, 11) is 0. The summed E-state index contributed by atoms with van der Waals surface area (Å²) >= 11 is 0. The largest absolute Gasteiger partial charge is 0.466 e. The summed E-state index contributed by atoms with van der Waals surface area (Å²) in [4.78, 5) is 24.3. The van der Waals surface area contributed by atoms with Gasteiger partial charge in [0.15, 0.2) is 0 Å². The van der Waals surface area contributed by atoms with Crippen LogP contribution in [-0.2, 0) is 14.3 Å². The number of nitrogens with one attached hydrogen (secondary N) is 1. The van der Waals surface area contributed by atoms with E-state index < -0.39 is 12.1 Å². The highest BCUT2D eigenvalue weighted by Gasteiger charge is 2.19. The van der Waals surface area contributed by atoms with Gasteiger partial charge in [-0.1, -0.05) is 192 Å². The summed E-state index contributed by atoms with van der Waals surface area (Å²) in [6.45, 7) is 4.85. The molecule has 0 saturated heterocycles. The van der Waals surface area contributed by atoms with Gasteiger partial charge in [-0.2, -0.15) is 0 Å². The van der Waals surface area contributed by atoms with Gasteiger partial charge in [-0.25, -0.2) is 0 Å². The molecule has 1 amide bonds. The molecule has 0 aliphatic rings. The molecule has 0 aliphatic carbocycles. The molecule has 2 unspecified atom stereocenters. The Hall–Kier alpha value is -1.66. The Bertz CT molecular complexity index is 797. The molecule has 6 nitrogen and oxygen atoms in total. The van der Waals surface area contributed by atoms with Crippen molar-refractivity contribution in [3.63, 3.8) is 0 Å². The monoisotopic (exact) mass is 720 g/mol. The predicted molar refractivity (Wildman–Crippen MR) is 218 cm³/mol. The van der Waals surface area contributed by atoms with Gasteiger partial charge in [0.05, 0.1) is 25.4 Å². The fourth-order valence-electron chi connectivity index (χ4n) is 6.57. The van der Waals surface area contributed by atoms with Crippen LogP contribution in [0.4, 0.5) is 0 Å². The minimum absolute atomic E-state index is 0.0174. The third-order valence-corrected chi connectivity index (χ3v) is 10.0. The standard InChI is InChI=1S/C45H85NO5/c1-3-5-7-9-11-13-14-19-23-27-31-35-39-45(50)51-40-36-32-28-24-20-17-15-16-18-22-26-30-34-38-44(49)46-42(41-47)43(48)37-33-29-25-21-12-10-8-6-4-2/h16,18,26,30,42-43,47-48H,3-15,17,19-25,27-29,31-41H2,1-2H3,(H,46,49)/b18-16-,30-26-. The molecule has 3 N–H and O–H groups in total. The third kappa shape index (κ3) is 37.9. The van der Waals surface area contributed by atoms with Crippen LogP contribution in [0.2, 0.25) is 0 Å². The summed E-state index contributed by atoms with van der Waals surface area (Å²) in [5, 5.41) is 22.9. The molecule has 51 heavy (non-hydrogen) atoms. The minimum atomic E-state index is -0.695. The molecule has 0 bridgehead atoms. The summed E-state index contributed by atoms with van der Waals surface area (Å²) in [5.41, 5.74) is 0. The molecule has 0 aromatic carbocycles. The minimum Gasteiger partial charge on any atom is -0.466 e. The number of aliphatic hydroxyl groups excluding tert-OH is 2. The predicted octanol–water partition coefficient (Wildman–Crippen LogP) is 12.4. The summed E-state index contributed by atoms with van der Waals surface area (Å²) < 4.78 is 5.43. The molecule has 0 radical (unpaired) electrons. The molecule has 0 spiro atoms. The van der Waals surface area contributed by atoms with Crippen molar-refractivity contribution in [2.45, 2.75) is 238 Å². The van der Waals surface area contributed by atoms with Crippen molar-refractivity contribution < 1.29 is 24.5 Å². The number of unbranched alkanes of at least 4 members (excludes halogenated alkanes) is 25. The molecule has 0 rings (SSSR count). The Balaban J connectivity index is 3.55. The van der Waals surface area contributed by atoms with E-state index in [1.807, 2.05) is 6.08 Å². The molecule has 0 fully saturated rings. The number of esters is 1. The summed E-state index contributed by atoms with van der Waals surface area (Å²) in [6, 6.07) is -0.582. The molecule has 0 heterocycles. The zero-order valence-electron chi connectivity index (χ0n) is 33.8. The highest BCUT2D eigenvalue weighted by molar-refractivity contribution is 5.76. The Labute approximate surface area is 316 Å². The second-order valence-electron chi connectivity index (χ2n) is 15.0. The fraction of sp³-hybridized carbons (Fsp3) is 0.867. The number of carbonyl (C=O) groups excluding carboxylic acids is 2. The average Bonchev–Trinajstić information content (AvgIpc) is 3.13. The van der Waals surface area contributed by atoms with E-state index in [1.165, 1.54) is 135 Å². The van der Waals surface area contributed by atoms with Gasteiger partial charge in [0.1, 0.15) is 0 Å². The van der Waals surface area contributed by atoms with Crippen molar-refractivity contribution in [2.75, 3.05) is 13.2 Å². The first-order chi connectivity index (χ1) is 25.0. The number of hydrogen-bond donors (Lipinski definition) is 3. The van der Waals surface area contributed by atoms with Crippen LogP contribution in [0.15, 0.2) is 24.3 Å². The smallest absolute Gasteiger partial charge is 0.305 e. The van der Waals surface area contributed by atoms with E-state index in [0.29, 0.717) is 32.3 Å². The number of rotatable bonds is 40. The van der Waals surface area contributed by atoms with Crippen molar-refractivity contribution in [2.24, 2.45) is 0 Å². The Morgan fingerprint density at radius 2 is 1.00 bits per heavy atom. The van der Waals surface area contributed by atoms with Crippen LogP contribution >= 0.6 is 0 Å². The highest BCUT2D eigenvalue weighted by atomic mass is 16.5. The van der Waals surface area contributed by atoms with E-state index in [4.69, 9.17) is 4.74 Å². The summed E-state index contributed by atoms with van der Waals surface area (Å²) in [5.74, 6) is -0.137. The van der Waals surface area contributed by atoms with E-state index in [-0.39, 0.29) is 18.5 Å². The summed E-state index contributed by atoms with van der Waals surface area (Å²) in [6.07, 6.45) is 45.8. The number of hydrogen-bond acceptors (Lipinski definition) is 5. The zero-order valence-corrected chi connectivity index (χ0v) is 33.8. The second-order valence-corrected chi connectivity index (χ2v) is 15.0. The molecular formula is C45H85NO5. The zero-order chi connectivity index (χ0) is 37.3. The van der Waals surface area contributed by atoms with Crippen LogP contribution in [0.1, 0.15) is 226 Å². The van der Waals surface area contributed by atoms with Gasteiger partial charge in [0.25, 0.3) is 0 Å². The lowest BCUT2D eigenvalue weighted by molar-refractivity contribution is -0.143. The van der Waals surface area contributed by atoms with E-state index in [9.17, 15) is 19.8 Å². The van der Waals surface area contributed by atoms with Gasteiger partial charge in [0.2, 0.25) is 5.91 Å². The normalized spacial score (nSPS) is 12.9. The van der Waals surface area contributed by atoms with E-state index >= 15 is 0 Å². The van der Waals surface area contributed by atoms with Crippen LogP contribution < -0.4 is 5.32 Å². The molecule has 6 heteroatoms. The highest BCUT2D eigenvalue weighted by Crippen LogP contribution is 2.15. The molecular weight excluding hydrogens is 634 g/mol. The van der Waals surface area contributed by atoms with Crippen molar-refractivity contribution >= 4 is 11.9 Å². The van der Waals surface area contributed by atoms with Gasteiger partial charge in [0, 0.05) is 12.8 Å². The fourth-order valence-corrected chi connectivity index (χ4v) is 6.57. The first kappa shape index (κ1) is 49.3. The number of amides is 1. The van der Waals surface area contributed by atoms with Crippen LogP contribution in [-0.4, -0.2) is 47.4 Å². The molecule has 0 aromatic rings. The lowest BCUT2D eigenvalue weighted by atomic mass is 10.0. The molecule has 0 aromatic heterocycles. The number of aliphatic hydroxyl groups is 2. The Morgan fingerprint density at radius 3 is 1.53 bits per heavy atom. The van der Waals surface area contributed by atoms with Crippen molar-refractivity contribution in [1.82, 2.24) is 5.32 Å². The molecule has 2 atom stereocenters. The maximum Gasteiger partial charge on any atom is 0.305 e. The molecule has 300 valence electrons. The van der Waals surface area contributed by atoms with Crippen LogP contribution in [0.3, 0.4) is 0 Å². The SMILES string of the molecule is CCCCCCCCCCCCCCC(=O)OCCCCCCCC/C=C\C/C=C\CCC(=O)NC(CO)C(O)CCCCCCCCCCC. The topological polar surface area (TPSA) is 95.9 Å². The van der Waals surface area contributed by atoms with Gasteiger partial charge in [-0.05, 0) is 44.9 Å². The molecule has 0 aliphatic heterocycles. The number of carbonyl (C=O) groups is 2. The van der Waals surface area contributed by atoms with Crippen LogP contribution in [0.25, 0.3) is 0 Å². The van der Waals surface area contributed by atoms with Gasteiger partial charge in [-0.3, -0.25) is 9.59 Å². The number of allylic oxidation sites excluding steroid dienone is 4. The Kier molecular flexibility index (Phi) is 39.8. The van der Waals surface area contributed by atoms with Crippen molar-refractivity contribution in [3.05, 3.63) is 24.3 Å². The van der Waals surface area contributed by atoms with Gasteiger partial charge in [-0.15, -0.1) is 0 Å².